The Hall–Kier alpha value is -3.41. The first-order valence-corrected chi connectivity index (χ1v) is 8.75. The van der Waals surface area contributed by atoms with Gasteiger partial charge in [0.2, 0.25) is 0 Å². The van der Waals surface area contributed by atoms with Crippen molar-refractivity contribution in [2.75, 3.05) is 19.0 Å². The van der Waals surface area contributed by atoms with Crippen LogP contribution < -0.4 is 15.4 Å². The summed E-state index contributed by atoms with van der Waals surface area (Å²) in [7, 11) is 1.64. The van der Waals surface area contributed by atoms with Gasteiger partial charge in [-0.15, -0.1) is 0 Å². The van der Waals surface area contributed by atoms with Crippen LogP contribution >= 0.6 is 0 Å². The normalized spacial score (nSPS) is 10.3. The third-order valence-electron chi connectivity index (χ3n) is 4.11. The number of nitrogens with one attached hydrogen (secondary N) is 2. The van der Waals surface area contributed by atoms with Gasteiger partial charge in [0, 0.05) is 25.5 Å². The van der Waals surface area contributed by atoms with Crippen molar-refractivity contribution in [1.82, 2.24) is 15.3 Å². The molecule has 0 fully saturated rings. The highest BCUT2D eigenvalue weighted by molar-refractivity contribution is 5.92. The molecule has 0 radical (unpaired) electrons. The summed E-state index contributed by atoms with van der Waals surface area (Å²) in [4.78, 5) is 20.5. The quantitative estimate of drug-likeness (QED) is 0.644. The predicted molar refractivity (Wildman–Crippen MR) is 105 cm³/mol. The number of benzene rings is 1. The molecule has 0 spiro atoms. The van der Waals surface area contributed by atoms with Crippen molar-refractivity contribution < 1.29 is 9.53 Å². The molecular formula is C21H22N4O2. The molecule has 2 heterocycles. The summed E-state index contributed by atoms with van der Waals surface area (Å²) in [5.41, 5.74) is 3.44. The number of ether oxygens (including phenoxy) is 1. The zero-order valence-corrected chi connectivity index (χ0v) is 15.2. The van der Waals surface area contributed by atoms with Crippen LogP contribution in [0.1, 0.15) is 21.6 Å². The summed E-state index contributed by atoms with van der Waals surface area (Å²) in [5, 5.41) is 6.16. The Bertz CT molecular complexity index is 867. The molecule has 138 valence electrons. The van der Waals surface area contributed by atoms with Crippen LogP contribution in [0, 0.1) is 0 Å². The van der Waals surface area contributed by atoms with Crippen LogP contribution in [-0.4, -0.2) is 29.5 Å². The van der Waals surface area contributed by atoms with Crippen LogP contribution in [0.25, 0.3) is 0 Å². The van der Waals surface area contributed by atoms with E-state index < -0.39 is 0 Å². The van der Waals surface area contributed by atoms with Crippen LogP contribution in [-0.2, 0) is 13.0 Å². The van der Waals surface area contributed by atoms with Gasteiger partial charge in [0.15, 0.2) is 0 Å². The molecule has 2 aromatic heterocycles. The molecule has 1 aromatic carbocycles. The zero-order valence-electron chi connectivity index (χ0n) is 15.2. The number of amides is 1. The Morgan fingerprint density at radius 1 is 1.07 bits per heavy atom. The number of nitrogens with zero attached hydrogens (tertiary/aromatic N) is 2. The van der Waals surface area contributed by atoms with E-state index in [4.69, 9.17) is 4.74 Å². The minimum atomic E-state index is -0.189. The van der Waals surface area contributed by atoms with E-state index in [2.05, 4.69) is 20.6 Å². The second-order valence-electron chi connectivity index (χ2n) is 5.96. The van der Waals surface area contributed by atoms with Gasteiger partial charge in [-0.05, 0) is 47.9 Å². The summed E-state index contributed by atoms with van der Waals surface area (Å²) in [6.07, 6.45) is 5.87. The van der Waals surface area contributed by atoms with E-state index in [0.29, 0.717) is 25.2 Å². The van der Waals surface area contributed by atoms with E-state index in [-0.39, 0.29) is 5.91 Å². The molecule has 0 saturated carbocycles. The van der Waals surface area contributed by atoms with Crippen molar-refractivity contribution in [1.29, 1.82) is 0 Å². The Kier molecular flexibility index (Phi) is 6.35. The molecular weight excluding hydrogens is 340 g/mol. The lowest BCUT2D eigenvalue weighted by atomic mass is 10.1. The highest BCUT2D eigenvalue weighted by Gasteiger charge is 2.08. The van der Waals surface area contributed by atoms with Crippen molar-refractivity contribution in [3.63, 3.8) is 0 Å². The van der Waals surface area contributed by atoms with Gasteiger partial charge in [0.05, 0.1) is 19.0 Å². The number of pyridine rings is 2. The van der Waals surface area contributed by atoms with Crippen molar-refractivity contribution in [2.24, 2.45) is 0 Å². The van der Waals surface area contributed by atoms with E-state index in [0.717, 1.165) is 22.6 Å². The number of hydrogen-bond acceptors (Lipinski definition) is 5. The third-order valence-corrected chi connectivity index (χ3v) is 4.11. The Balaban J connectivity index is 1.48. The summed E-state index contributed by atoms with van der Waals surface area (Å²) in [6.45, 7) is 1.19. The monoisotopic (exact) mass is 362 g/mol. The third kappa shape index (κ3) is 5.28. The lowest BCUT2D eigenvalue weighted by Gasteiger charge is -2.09. The van der Waals surface area contributed by atoms with Gasteiger partial charge in [-0.2, -0.15) is 0 Å². The largest absolute Gasteiger partial charge is 0.496 e. The van der Waals surface area contributed by atoms with Crippen molar-refractivity contribution in [2.45, 2.75) is 13.0 Å². The summed E-state index contributed by atoms with van der Waals surface area (Å²) in [6, 6.07) is 15.3. The maximum Gasteiger partial charge on any atom is 0.269 e. The molecule has 6 heteroatoms. The maximum absolute atomic E-state index is 12.2. The molecule has 0 bridgehead atoms. The fourth-order valence-corrected chi connectivity index (χ4v) is 2.65. The number of hydrogen-bond donors (Lipinski definition) is 2. The zero-order chi connectivity index (χ0) is 18.9. The molecule has 27 heavy (non-hydrogen) atoms. The van der Waals surface area contributed by atoms with Gasteiger partial charge in [0.1, 0.15) is 11.4 Å². The van der Waals surface area contributed by atoms with Gasteiger partial charge in [0.25, 0.3) is 5.91 Å². The summed E-state index contributed by atoms with van der Waals surface area (Å²) >= 11 is 0. The molecule has 0 unspecified atom stereocenters. The second kappa shape index (κ2) is 9.33. The average Bonchev–Trinajstić information content (AvgIpc) is 2.73. The number of aromatic nitrogens is 2. The average molecular weight is 362 g/mol. The van der Waals surface area contributed by atoms with Crippen LogP contribution in [0.2, 0.25) is 0 Å². The maximum atomic E-state index is 12.2. The predicted octanol–water partition coefficient (Wildman–Crippen LogP) is 3.07. The molecule has 1 amide bonds. The Morgan fingerprint density at radius 2 is 1.89 bits per heavy atom. The van der Waals surface area contributed by atoms with E-state index in [1.165, 1.54) is 0 Å². The second-order valence-corrected chi connectivity index (χ2v) is 5.96. The van der Waals surface area contributed by atoms with Gasteiger partial charge in [-0.3, -0.25) is 9.78 Å². The number of para-hydroxylation sites is 1. The fraction of sp³-hybridized carbons (Fsp3) is 0.190. The molecule has 2 N–H and O–H groups in total. The fourth-order valence-electron chi connectivity index (χ4n) is 2.65. The topological polar surface area (TPSA) is 76.1 Å². The first kappa shape index (κ1) is 18.4. The van der Waals surface area contributed by atoms with E-state index in [1.54, 1.807) is 31.8 Å². The lowest BCUT2D eigenvalue weighted by Crippen LogP contribution is -2.26. The van der Waals surface area contributed by atoms with Gasteiger partial charge < -0.3 is 15.4 Å². The lowest BCUT2D eigenvalue weighted by molar-refractivity contribution is 0.0949. The van der Waals surface area contributed by atoms with Crippen molar-refractivity contribution in [3.8, 4) is 5.75 Å². The highest BCUT2D eigenvalue weighted by Crippen LogP contribution is 2.17. The van der Waals surface area contributed by atoms with Crippen LogP contribution in [0.5, 0.6) is 5.75 Å². The van der Waals surface area contributed by atoms with Crippen molar-refractivity contribution in [3.05, 3.63) is 83.9 Å². The molecule has 3 aromatic rings. The summed E-state index contributed by atoms with van der Waals surface area (Å²) < 4.78 is 5.32. The first-order valence-electron chi connectivity index (χ1n) is 8.75. The minimum Gasteiger partial charge on any atom is -0.496 e. The smallest absolute Gasteiger partial charge is 0.269 e. The Labute approximate surface area is 158 Å². The molecule has 6 nitrogen and oxygen atoms in total. The number of carbonyl (C=O) groups excluding carboxylic acids is 1. The summed E-state index contributed by atoms with van der Waals surface area (Å²) in [5.74, 6) is 0.639. The molecule has 0 aliphatic rings. The van der Waals surface area contributed by atoms with Crippen LogP contribution in [0.3, 0.4) is 0 Å². The van der Waals surface area contributed by atoms with E-state index in [9.17, 15) is 4.79 Å². The molecule has 0 saturated heterocycles. The first-order chi connectivity index (χ1) is 13.3. The van der Waals surface area contributed by atoms with Crippen LogP contribution in [0.15, 0.2) is 67.1 Å². The van der Waals surface area contributed by atoms with Crippen LogP contribution in [0.4, 0.5) is 5.69 Å². The molecule has 0 aliphatic heterocycles. The van der Waals surface area contributed by atoms with E-state index >= 15 is 0 Å². The van der Waals surface area contributed by atoms with Gasteiger partial charge in [-0.1, -0.05) is 18.2 Å². The van der Waals surface area contributed by atoms with Gasteiger partial charge >= 0.3 is 0 Å². The number of methoxy groups -OCH3 is 1. The van der Waals surface area contributed by atoms with Crippen molar-refractivity contribution >= 4 is 11.6 Å². The standard InChI is InChI=1S/C21H22N4O2/c1-27-20-5-3-2-4-17(20)10-13-23-21(26)19-7-6-18(15-25-19)24-14-16-8-11-22-12-9-16/h2-9,11-12,15,24H,10,13-14H2,1H3,(H,23,26). The molecule has 3 rings (SSSR count). The van der Waals surface area contributed by atoms with Gasteiger partial charge in [-0.25, -0.2) is 4.98 Å². The molecule has 0 atom stereocenters. The SMILES string of the molecule is COc1ccccc1CCNC(=O)c1ccc(NCc2ccncc2)cn1. The Morgan fingerprint density at radius 3 is 2.63 bits per heavy atom. The minimum absolute atomic E-state index is 0.189. The number of anilines is 1. The number of carbonyl (C=O) groups is 1. The number of rotatable bonds is 8. The highest BCUT2D eigenvalue weighted by atomic mass is 16.5. The molecule has 0 aliphatic carbocycles. The van der Waals surface area contributed by atoms with E-state index in [1.807, 2.05) is 42.5 Å².